The molecule has 8 aromatic rings. The van der Waals surface area contributed by atoms with E-state index < -0.39 is 0 Å². The molecule has 18 nitrogen and oxygen atoms in total. The van der Waals surface area contributed by atoms with E-state index in [1.165, 1.54) is 22.7 Å². The number of aromatic amines is 2. The summed E-state index contributed by atoms with van der Waals surface area (Å²) < 4.78 is 10.8. The number of halogens is 1. The quantitative estimate of drug-likeness (QED) is 0.0582. The van der Waals surface area contributed by atoms with Gasteiger partial charge in [0.1, 0.15) is 21.3 Å². The van der Waals surface area contributed by atoms with E-state index in [0.29, 0.717) is 58.0 Å². The van der Waals surface area contributed by atoms with E-state index in [0.717, 1.165) is 88.2 Å². The summed E-state index contributed by atoms with van der Waals surface area (Å²) in [6.45, 7) is 8.01. The molecule has 2 aliphatic heterocycles. The van der Waals surface area contributed by atoms with Crippen LogP contribution in [0.15, 0.2) is 115 Å². The van der Waals surface area contributed by atoms with Gasteiger partial charge in [0.2, 0.25) is 0 Å². The number of ether oxygens (including phenoxy) is 2. The molecule has 71 heavy (non-hydrogen) atoms. The van der Waals surface area contributed by atoms with Crippen LogP contribution in [0, 0.1) is 0 Å². The van der Waals surface area contributed by atoms with Gasteiger partial charge in [-0.25, -0.2) is 0 Å². The number of aromatic nitrogens is 4. The standard InChI is InChI=1S/C25H25ClN6O3S.C25H26N6O3S/c1-31(19-7-5-18(26)6-8-19)30-24(34)21-14-20-22(28-29-25(20)36-21)27-23(33)17-4-2-3-16(13-17)15-32-9-11-35-12-10-32;1-30(19-8-3-2-4-9-19)29-24(33)21-15-20-22(27-28-25(20)35-21)26-23(32)18-7-5-6-17(14-18)16-31-10-12-34-13-11-31/h2-8,13-14H,9-12,15H2,1H3,(H,30,34)(H2,27,28,29,33);2-9,14-15H,10-13,16H2,1H3,(H,29,33)(H2,26,27,28,32). The van der Waals surface area contributed by atoms with Crippen molar-refractivity contribution in [2.45, 2.75) is 13.1 Å². The Morgan fingerprint density at radius 2 is 1.01 bits per heavy atom. The van der Waals surface area contributed by atoms with Crippen LogP contribution in [0.5, 0.6) is 0 Å². The second-order valence-electron chi connectivity index (χ2n) is 16.8. The highest BCUT2D eigenvalue weighted by molar-refractivity contribution is 7.20. The van der Waals surface area contributed by atoms with Crippen LogP contribution < -0.4 is 31.5 Å². The number of nitrogens with one attached hydrogen (secondary N) is 6. The van der Waals surface area contributed by atoms with Crippen LogP contribution >= 0.6 is 34.3 Å². The molecule has 10 rings (SSSR count). The van der Waals surface area contributed by atoms with Crippen molar-refractivity contribution in [2.75, 3.05) is 87.4 Å². The molecule has 366 valence electrons. The van der Waals surface area contributed by atoms with Crippen LogP contribution in [0.4, 0.5) is 23.0 Å². The summed E-state index contributed by atoms with van der Waals surface area (Å²) >= 11 is 8.44. The van der Waals surface area contributed by atoms with Crippen LogP contribution in [0.25, 0.3) is 20.4 Å². The highest BCUT2D eigenvalue weighted by atomic mass is 35.5. The lowest BCUT2D eigenvalue weighted by Crippen LogP contribution is -2.38. The number of H-pyrrole nitrogens is 2. The molecule has 4 amide bonds. The Kier molecular flexibility index (Phi) is 15.6. The van der Waals surface area contributed by atoms with E-state index in [2.05, 4.69) is 51.7 Å². The van der Waals surface area contributed by atoms with Crippen molar-refractivity contribution in [1.82, 2.24) is 41.0 Å². The lowest BCUT2D eigenvalue weighted by Gasteiger charge is -2.26. The molecule has 4 aromatic heterocycles. The second-order valence-corrected chi connectivity index (χ2v) is 19.3. The van der Waals surface area contributed by atoms with Crippen molar-refractivity contribution < 1.29 is 28.7 Å². The zero-order chi connectivity index (χ0) is 49.3. The van der Waals surface area contributed by atoms with Crippen molar-refractivity contribution in [3.8, 4) is 0 Å². The van der Waals surface area contributed by atoms with Crippen molar-refractivity contribution in [2.24, 2.45) is 0 Å². The third-order valence-corrected chi connectivity index (χ3v) is 14.0. The van der Waals surface area contributed by atoms with Crippen molar-refractivity contribution in [3.63, 3.8) is 0 Å². The van der Waals surface area contributed by atoms with Crippen LogP contribution in [0.2, 0.25) is 5.02 Å². The summed E-state index contributed by atoms with van der Waals surface area (Å²) in [7, 11) is 3.53. The Labute approximate surface area is 421 Å². The molecule has 6 heterocycles. The number of rotatable bonds is 14. The summed E-state index contributed by atoms with van der Waals surface area (Å²) in [5, 5.41) is 25.3. The number of thiophene rings is 2. The number of anilines is 4. The van der Waals surface area contributed by atoms with E-state index >= 15 is 0 Å². The number of hydrogen-bond acceptors (Lipinski definition) is 14. The van der Waals surface area contributed by atoms with Gasteiger partial charge in [-0.2, -0.15) is 10.2 Å². The molecule has 0 radical (unpaired) electrons. The smallest absolute Gasteiger partial charge is 0.279 e. The number of hydrogen-bond donors (Lipinski definition) is 6. The Balaban J connectivity index is 0.000000176. The van der Waals surface area contributed by atoms with Gasteiger partial charge in [-0.05, 0) is 83.9 Å². The Morgan fingerprint density at radius 1 is 0.577 bits per heavy atom. The minimum atomic E-state index is -0.274. The molecule has 4 aromatic carbocycles. The summed E-state index contributed by atoms with van der Waals surface area (Å²) in [5.41, 5.74) is 10.6. The van der Waals surface area contributed by atoms with E-state index in [1.807, 2.05) is 78.9 Å². The number of carbonyl (C=O) groups excluding carboxylic acids is 4. The minimum absolute atomic E-state index is 0.236. The van der Waals surface area contributed by atoms with Crippen LogP contribution in [0.1, 0.15) is 51.2 Å². The lowest BCUT2D eigenvalue weighted by atomic mass is 10.1. The number of fused-ring (bicyclic) bond motifs is 2. The van der Waals surface area contributed by atoms with E-state index in [4.69, 9.17) is 21.1 Å². The summed E-state index contributed by atoms with van der Waals surface area (Å²) in [6.07, 6.45) is 0. The largest absolute Gasteiger partial charge is 0.379 e. The van der Waals surface area contributed by atoms with Crippen molar-refractivity contribution in [3.05, 3.63) is 152 Å². The number of amides is 4. The van der Waals surface area contributed by atoms with Crippen LogP contribution in [-0.2, 0) is 22.6 Å². The Hall–Kier alpha value is -7.17. The highest BCUT2D eigenvalue weighted by Gasteiger charge is 2.21. The second kappa shape index (κ2) is 22.7. The fourth-order valence-electron chi connectivity index (χ4n) is 7.92. The summed E-state index contributed by atoms with van der Waals surface area (Å²) in [4.78, 5) is 58.4. The average molecular weight is 1020 g/mol. The van der Waals surface area contributed by atoms with Crippen LogP contribution in [0.3, 0.4) is 0 Å². The molecular formula is C50H51ClN12O6S2. The first-order chi connectivity index (χ1) is 34.5. The van der Waals surface area contributed by atoms with Gasteiger partial charge in [0, 0.05) is 69.5 Å². The molecule has 2 aliphatic rings. The highest BCUT2D eigenvalue weighted by Crippen LogP contribution is 2.31. The predicted molar refractivity (Wildman–Crippen MR) is 279 cm³/mol. The van der Waals surface area contributed by atoms with E-state index in [1.54, 1.807) is 60.5 Å². The molecule has 0 aliphatic carbocycles. The third-order valence-electron chi connectivity index (χ3n) is 11.7. The first kappa shape index (κ1) is 48.8. The normalized spacial score (nSPS) is 14.1. The van der Waals surface area contributed by atoms with Gasteiger partial charge < -0.3 is 20.1 Å². The number of hydrazine groups is 2. The molecular weight excluding hydrogens is 964 g/mol. The molecule has 21 heteroatoms. The number of para-hydroxylation sites is 1. The van der Waals surface area contributed by atoms with Crippen molar-refractivity contribution >= 4 is 101 Å². The van der Waals surface area contributed by atoms with E-state index in [-0.39, 0.29) is 23.6 Å². The first-order valence-electron chi connectivity index (χ1n) is 22.8. The molecule has 0 spiro atoms. The topological polar surface area (TPSA) is 205 Å². The molecule has 0 atom stereocenters. The third kappa shape index (κ3) is 12.4. The fraction of sp³-hybridized carbons (Fsp3) is 0.240. The summed E-state index contributed by atoms with van der Waals surface area (Å²) in [6, 6.07) is 35.4. The maximum Gasteiger partial charge on any atom is 0.279 e. The van der Waals surface area contributed by atoms with Gasteiger partial charge in [-0.1, -0.05) is 54.1 Å². The van der Waals surface area contributed by atoms with Crippen LogP contribution in [-0.4, -0.2) is 121 Å². The Morgan fingerprint density at radius 3 is 1.46 bits per heavy atom. The first-order valence-corrected chi connectivity index (χ1v) is 24.8. The van der Waals surface area contributed by atoms with Gasteiger partial charge in [0.15, 0.2) is 0 Å². The monoisotopic (exact) mass is 1010 g/mol. The SMILES string of the molecule is CN(NC(=O)c1cc2c(NC(=O)c3cccc(CN4CCOCC4)c3)[nH]nc2s1)c1ccc(Cl)cc1.CN(NC(=O)c1cc2c(NC(=O)c3cccc(CN4CCOCC4)c3)[nH]nc2s1)c1ccccc1. The summed E-state index contributed by atoms with van der Waals surface area (Å²) in [5.74, 6) is -0.0781. The molecule has 2 fully saturated rings. The zero-order valence-electron chi connectivity index (χ0n) is 38.9. The predicted octanol–water partition coefficient (Wildman–Crippen LogP) is 7.63. The fourth-order valence-corrected chi connectivity index (χ4v) is 9.82. The number of morpholine rings is 2. The van der Waals surface area contributed by atoms with Gasteiger partial charge in [-0.15, -0.1) is 22.7 Å². The van der Waals surface area contributed by atoms with Gasteiger partial charge in [-0.3, -0.25) is 60.0 Å². The van der Waals surface area contributed by atoms with Gasteiger partial charge >= 0.3 is 0 Å². The number of benzene rings is 4. The van der Waals surface area contributed by atoms with Crippen molar-refractivity contribution in [1.29, 1.82) is 0 Å². The number of carbonyl (C=O) groups is 4. The minimum Gasteiger partial charge on any atom is -0.379 e. The zero-order valence-corrected chi connectivity index (χ0v) is 41.3. The molecule has 0 unspecified atom stereocenters. The Bertz CT molecular complexity index is 3130. The molecule has 6 N–H and O–H groups in total. The van der Waals surface area contributed by atoms with E-state index in [9.17, 15) is 19.2 Å². The maximum absolute atomic E-state index is 13.0. The van der Waals surface area contributed by atoms with Gasteiger partial charge in [0.25, 0.3) is 23.6 Å². The molecule has 0 bridgehead atoms. The average Bonchev–Trinajstić information content (AvgIpc) is 4.19. The molecule has 0 saturated carbocycles. The molecule has 2 saturated heterocycles. The van der Waals surface area contributed by atoms with Gasteiger partial charge in [0.05, 0.1) is 58.3 Å². The lowest BCUT2D eigenvalue weighted by molar-refractivity contribution is 0.0341. The number of nitrogens with zero attached hydrogens (tertiary/aromatic N) is 6. The maximum atomic E-state index is 13.0.